The minimum atomic E-state index is -0.850. The van der Waals surface area contributed by atoms with Crippen LogP contribution < -0.4 is 5.32 Å². The van der Waals surface area contributed by atoms with Gasteiger partial charge in [-0.1, -0.05) is 48.5 Å². The zero-order valence-electron chi connectivity index (χ0n) is 20.1. The smallest absolute Gasteiger partial charge is 0.287 e. The number of nitrogens with zero attached hydrogens (tertiary/aromatic N) is 2. The summed E-state index contributed by atoms with van der Waals surface area (Å²) >= 11 is 1.53. The van der Waals surface area contributed by atoms with Crippen LogP contribution in [0, 0.1) is 0 Å². The van der Waals surface area contributed by atoms with Crippen LogP contribution in [0.4, 0.5) is 0 Å². The molecule has 0 spiro atoms. The summed E-state index contributed by atoms with van der Waals surface area (Å²) in [6.07, 6.45) is 1.91. The van der Waals surface area contributed by atoms with Crippen LogP contribution in [0.15, 0.2) is 83.5 Å². The van der Waals surface area contributed by atoms with Gasteiger partial charge < -0.3 is 19.5 Å². The maximum absolute atomic E-state index is 13.7. The standard InChI is InChI=1S/C28H27N3O5S/c32-23-16-31(27(34)20-10-5-2-6-11-20)22-13-14-30(25(22)23)28(35)21(29-26(33)24-12-7-15-36-24)18-37-17-19-8-3-1-4-9-19/h1-12,15,21-22,25H,13-14,16-18H2,(H,29,33)/t21-,22+,25-/m0/s1. The minimum absolute atomic E-state index is 0.0288. The van der Waals surface area contributed by atoms with E-state index in [2.05, 4.69) is 5.32 Å². The number of likely N-dealkylation sites (tertiary alicyclic amines) is 2. The molecular formula is C28H27N3O5S. The Morgan fingerprint density at radius 1 is 0.973 bits per heavy atom. The second-order valence-electron chi connectivity index (χ2n) is 9.10. The Morgan fingerprint density at radius 2 is 1.70 bits per heavy atom. The summed E-state index contributed by atoms with van der Waals surface area (Å²) < 4.78 is 5.20. The highest BCUT2D eigenvalue weighted by Gasteiger charge is 2.52. The van der Waals surface area contributed by atoms with Gasteiger partial charge in [-0.25, -0.2) is 0 Å². The number of thioether (sulfide) groups is 1. The van der Waals surface area contributed by atoms with Gasteiger partial charge in [0.25, 0.3) is 11.8 Å². The summed E-state index contributed by atoms with van der Waals surface area (Å²) in [5, 5.41) is 2.80. The van der Waals surface area contributed by atoms with Crippen LogP contribution in [0.5, 0.6) is 0 Å². The van der Waals surface area contributed by atoms with Gasteiger partial charge in [0, 0.05) is 23.6 Å². The Labute approximate surface area is 219 Å². The first-order valence-electron chi connectivity index (χ1n) is 12.2. The molecule has 0 bridgehead atoms. The molecule has 0 saturated carbocycles. The number of ketones is 1. The molecule has 3 heterocycles. The highest BCUT2D eigenvalue weighted by atomic mass is 32.2. The van der Waals surface area contributed by atoms with E-state index in [1.165, 1.54) is 24.1 Å². The summed E-state index contributed by atoms with van der Waals surface area (Å²) in [7, 11) is 0. The molecular weight excluding hydrogens is 490 g/mol. The average molecular weight is 518 g/mol. The van der Waals surface area contributed by atoms with Gasteiger partial charge in [0.05, 0.1) is 18.8 Å². The lowest BCUT2D eigenvalue weighted by molar-refractivity contribution is -0.137. The Morgan fingerprint density at radius 3 is 2.41 bits per heavy atom. The molecule has 1 aromatic heterocycles. The normalized spacial score (nSPS) is 19.5. The summed E-state index contributed by atoms with van der Waals surface area (Å²) in [6, 6.07) is 19.9. The van der Waals surface area contributed by atoms with E-state index in [-0.39, 0.29) is 35.9 Å². The van der Waals surface area contributed by atoms with Crippen molar-refractivity contribution in [2.24, 2.45) is 0 Å². The molecule has 2 fully saturated rings. The first kappa shape index (κ1) is 24.8. The molecule has 1 N–H and O–H groups in total. The molecule has 0 aliphatic carbocycles. The molecule has 37 heavy (non-hydrogen) atoms. The Hall–Kier alpha value is -3.85. The van der Waals surface area contributed by atoms with Gasteiger partial charge in [-0.2, -0.15) is 11.8 Å². The van der Waals surface area contributed by atoms with Crippen molar-refractivity contribution in [2.45, 2.75) is 30.3 Å². The van der Waals surface area contributed by atoms with Gasteiger partial charge in [-0.3, -0.25) is 19.2 Å². The van der Waals surface area contributed by atoms with Crippen LogP contribution in [0.2, 0.25) is 0 Å². The van der Waals surface area contributed by atoms with E-state index in [0.717, 1.165) is 5.56 Å². The number of amides is 3. The van der Waals surface area contributed by atoms with Crippen molar-refractivity contribution in [1.82, 2.24) is 15.1 Å². The van der Waals surface area contributed by atoms with E-state index in [9.17, 15) is 19.2 Å². The monoisotopic (exact) mass is 517 g/mol. The lowest BCUT2D eigenvalue weighted by Gasteiger charge is -2.28. The Kier molecular flexibility index (Phi) is 7.41. The van der Waals surface area contributed by atoms with Crippen molar-refractivity contribution in [1.29, 1.82) is 0 Å². The van der Waals surface area contributed by atoms with Crippen LogP contribution in [0.3, 0.4) is 0 Å². The van der Waals surface area contributed by atoms with Gasteiger partial charge in [0.15, 0.2) is 11.5 Å². The van der Waals surface area contributed by atoms with Crippen LogP contribution >= 0.6 is 11.8 Å². The van der Waals surface area contributed by atoms with E-state index in [1.807, 2.05) is 36.4 Å². The molecule has 3 atom stereocenters. The minimum Gasteiger partial charge on any atom is -0.459 e. The molecule has 0 radical (unpaired) electrons. The predicted molar refractivity (Wildman–Crippen MR) is 139 cm³/mol. The van der Waals surface area contributed by atoms with Crippen molar-refractivity contribution in [3.63, 3.8) is 0 Å². The highest BCUT2D eigenvalue weighted by Crippen LogP contribution is 2.31. The highest BCUT2D eigenvalue weighted by molar-refractivity contribution is 7.98. The number of fused-ring (bicyclic) bond motifs is 1. The summed E-state index contributed by atoms with van der Waals surface area (Å²) in [5.41, 5.74) is 1.62. The Balaban J connectivity index is 1.31. The van der Waals surface area contributed by atoms with Crippen LogP contribution in [-0.4, -0.2) is 70.3 Å². The molecule has 3 amide bonds. The largest absolute Gasteiger partial charge is 0.459 e. The number of benzene rings is 2. The van der Waals surface area contributed by atoms with E-state index < -0.39 is 18.0 Å². The maximum Gasteiger partial charge on any atom is 0.287 e. The fourth-order valence-electron chi connectivity index (χ4n) is 4.97. The number of nitrogens with one attached hydrogen (secondary N) is 1. The van der Waals surface area contributed by atoms with Gasteiger partial charge in [0.2, 0.25) is 5.91 Å². The van der Waals surface area contributed by atoms with Gasteiger partial charge >= 0.3 is 0 Å². The lowest BCUT2D eigenvalue weighted by Crippen LogP contribution is -2.53. The maximum atomic E-state index is 13.7. The SMILES string of the molecule is O=C(N[C@@H](CSCc1ccccc1)C(=O)N1CC[C@@H]2[C@H]1C(=O)CN2C(=O)c1ccccc1)c1ccco1. The van der Waals surface area contributed by atoms with Crippen molar-refractivity contribution in [2.75, 3.05) is 18.8 Å². The quantitative estimate of drug-likeness (QED) is 0.493. The van der Waals surface area contributed by atoms with E-state index in [1.54, 1.807) is 40.1 Å². The molecule has 190 valence electrons. The number of rotatable bonds is 8. The lowest BCUT2D eigenvalue weighted by atomic mass is 10.1. The number of carbonyl (C=O) groups excluding carboxylic acids is 4. The van der Waals surface area contributed by atoms with Crippen LogP contribution in [0.25, 0.3) is 0 Å². The number of Topliss-reactive ketones (excluding diaryl/α,β-unsaturated/α-hetero) is 1. The van der Waals surface area contributed by atoms with Crippen LogP contribution in [0.1, 0.15) is 32.9 Å². The fraction of sp³-hybridized carbons (Fsp3) is 0.286. The molecule has 9 heteroatoms. The molecule has 2 aliphatic rings. The molecule has 2 saturated heterocycles. The van der Waals surface area contributed by atoms with Gasteiger partial charge in [-0.05, 0) is 36.2 Å². The van der Waals surface area contributed by atoms with Crippen LogP contribution in [-0.2, 0) is 15.3 Å². The summed E-state index contributed by atoms with van der Waals surface area (Å²) in [4.78, 5) is 55.8. The Bertz CT molecular complexity index is 1270. The van der Waals surface area contributed by atoms with Gasteiger partial charge in [0.1, 0.15) is 12.1 Å². The van der Waals surface area contributed by atoms with E-state index in [4.69, 9.17) is 4.42 Å². The first-order chi connectivity index (χ1) is 18.0. The average Bonchev–Trinajstić information content (AvgIpc) is 3.68. The van der Waals surface area contributed by atoms with E-state index >= 15 is 0 Å². The van der Waals surface area contributed by atoms with Crippen molar-refractivity contribution in [3.05, 3.63) is 95.9 Å². The topological polar surface area (TPSA) is 99.9 Å². The molecule has 5 rings (SSSR count). The summed E-state index contributed by atoms with van der Waals surface area (Å²) in [5.74, 6) is -0.0688. The molecule has 3 aromatic rings. The van der Waals surface area contributed by atoms with E-state index in [0.29, 0.717) is 30.0 Å². The predicted octanol–water partition coefficient (Wildman–Crippen LogP) is 3.01. The first-order valence-corrected chi connectivity index (χ1v) is 13.3. The number of hydrogen-bond acceptors (Lipinski definition) is 6. The summed E-state index contributed by atoms with van der Waals surface area (Å²) in [6.45, 7) is 0.313. The molecule has 8 nitrogen and oxygen atoms in total. The van der Waals surface area contributed by atoms with Crippen molar-refractivity contribution >= 4 is 35.3 Å². The molecule has 2 aliphatic heterocycles. The number of furan rings is 1. The second kappa shape index (κ2) is 11.0. The second-order valence-corrected chi connectivity index (χ2v) is 10.1. The van der Waals surface area contributed by atoms with Crippen molar-refractivity contribution < 1.29 is 23.6 Å². The third-order valence-electron chi connectivity index (χ3n) is 6.73. The molecule has 2 aromatic carbocycles. The number of hydrogen-bond donors (Lipinski definition) is 1. The third-order valence-corrected chi connectivity index (χ3v) is 7.84. The third kappa shape index (κ3) is 5.32. The fourth-order valence-corrected chi connectivity index (χ4v) is 5.97. The number of carbonyl (C=O) groups is 4. The van der Waals surface area contributed by atoms with Gasteiger partial charge in [-0.15, -0.1) is 0 Å². The molecule has 0 unspecified atom stereocenters. The zero-order chi connectivity index (χ0) is 25.8. The van der Waals surface area contributed by atoms with Crippen molar-refractivity contribution in [3.8, 4) is 0 Å². The zero-order valence-corrected chi connectivity index (χ0v) is 20.9.